The second-order valence-electron chi connectivity index (χ2n) is 7.57. The van der Waals surface area contributed by atoms with E-state index in [1.54, 1.807) is 30.2 Å². The maximum absolute atomic E-state index is 12.7. The van der Waals surface area contributed by atoms with Crippen molar-refractivity contribution in [1.82, 2.24) is 10.2 Å². The van der Waals surface area contributed by atoms with E-state index in [4.69, 9.17) is 4.74 Å². The lowest BCUT2D eigenvalue weighted by molar-refractivity contribution is -0.124. The number of nitrogens with one attached hydrogen (secondary N) is 1. The Morgan fingerprint density at radius 1 is 1.17 bits per heavy atom. The number of hydrogen-bond acceptors (Lipinski definition) is 4. The highest BCUT2D eigenvalue weighted by molar-refractivity contribution is 5.95. The van der Waals surface area contributed by atoms with Crippen LogP contribution in [0.5, 0.6) is 5.75 Å². The summed E-state index contributed by atoms with van der Waals surface area (Å²) >= 11 is 0. The Morgan fingerprint density at radius 2 is 1.93 bits per heavy atom. The Bertz CT molecular complexity index is 849. The molecule has 154 valence electrons. The van der Waals surface area contributed by atoms with Crippen molar-refractivity contribution in [3.63, 3.8) is 0 Å². The van der Waals surface area contributed by atoms with Crippen molar-refractivity contribution in [3.8, 4) is 5.75 Å². The van der Waals surface area contributed by atoms with Crippen LogP contribution in [0, 0.1) is 5.92 Å². The normalized spacial score (nSPS) is 15.8. The van der Waals surface area contributed by atoms with Gasteiger partial charge in [-0.1, -0.05) is 18.2 Å². The molecule has 2 aromatic rings. The zero-order valence-corrected chi connectivity index (χ0v) is 17.4. The number of hydrogen-bond donors (Lipinski definition) is 1. The Balaban J connectivity index is 1.47. The minimum Gasteiger partial charge on any atom is -0.497 e. The number of carbonyl (C=O) groups excluding carboxylic acids is 2. The molecule has 6 heteroatoms. The quantitative estimate of drug-likeness (QED) is 0.783. The van der Waals surface area contributed by atoms with Crippen LogP contribution in [0.1, 0.15) is 22.3 Å². The zero-order valence-electron chi connectivity index (χ0n) is 17.4. The number of amides is 2. The summed E-state index contributed by atoms with van der Waals surface area (Å²) in [4.78, 5) is 29.0. The van der Waals surface area contributed by atoms with Crippen molar-refractivity contribution in [2.75, 3.05) is 45.7 Å². The van der Waals surface area contributed by atoms with Gasteiger partial charge < -0.3 is 19.9 Å². The van der Waals surface area contributed by atoms with Gasteiger partial charge in [0.25, 0.3) is 5.91 Å². The third-order valence-corrected chi connectivity index (χ3v) is 5.33. The number of nitrogens with zero attached hydrogens (tertiary/aromatic N) is 2. The molecule has 1 aliphatic rings. The Hall–Kier alpha value is -3.02. The minimum absolute atomic E-state index is 0.0239. The van der Waals surface area contributed by atoms with Gasteiger partial charge in [0.1, 0.15) is 5.75 Å². The van der Waals surface area contributed by atoms with E-state index < -0.39 is 0 Å². The van der Waals surface area contributed by atoms with Gasteiger partial charge in [-0.25, -0.2) is 0 Å². The van der Waals surface area contributed by atoms with E-state index in [0.29, 0.717) is 37.4 Å². The van der Waals surface area contributed by atoms with Crippen LogP contribution >= 0.6 is 0 Å². The number of likely N-dealkylation sites (tertiary alicyclic amines) is 1. The molecule has 0 saturated carbocycles. The maximum Gasteiger partial charge on any atom is 0.254 e. The topological polar surface area (TPSA) is 61.9 Å². The lowest BCUT2D eigenvalue weighted by Gasteiger charge is -2.17. The van der Waals surface area contributed by atoms with Crippen molar-refractivity contribution < 1.29 is 14.3 Å². The van der Waals surface area contributed by atoms with Crippen LogP contribution < -0.4 is 15.0 Å². The van der Waals surface area contributed by atoms with E-state index in [0.717, 1.165) is 12.1 Å². The molecular formula is C23H29N3O3. The first-order chi connectivity index (χ1) is 14.0. The van der Waals surface area contributed by atoms with Crippen LogP contribution in [0.4, 0.5) is 5.69 Å². The molecule has 1 aliphatic heterocycles. The average molecular weight is 396 g/mol. The Kier molecular flexibility index (Phi) is 6.75. The molecule has 1 saturated heterocycles. The molecule has 1 fully saturated rings. The highest BCUT2D eigenvalue weighted by Crippen LogP contribution is 2.21. The van der Waals surface area contributed by atoms with Crippen LogP contribution in [0.2, 0.25) is 0 Å². The van der Waals surface area contributed by atoms with Crippen molar-refractivity contribution in [1.29, 1.82) is 0 Å². The predicted octanol–water partition coefficient (Wildman–Crippen LogP) is 2.58. The van der Waals surface area contributed by atoms with Crippen molar-refractivity contribution in [2.45, 2.75) is 12.8 Å². The molecule has 6 nitrogen and oxygen atoms in total. The number of benzene rings is 2. The number of methoxy groups -OCH3 is 1. The molecule has 0 bridgehead atoms. The summed E-state index contributed by atoms with van der Waals surface area (Å²) in [6.07, 6.45) is 1.48. The summed E-state index contributed by atoms with van der Waals surface area (Å²) < 4.78 is 5.19. The second kappa shape index (κ2) is 9.45. The van der Waals surface area contributed by atoms with Gasteiger partial charge in [-0.05, 0) is 48.7 Å². The standard InChI is InChI=1S/C23H29N3O3/c1-25(2)20-9-7-17(8-10-20)11-13-24-22(27)19-12-14-26(16-19)23(28)18-5-4-6-21(15-18)29-3/h4-10,15,19H,11-14,16H2,1-3H3,(H,24,27)/t19-/m0/s1. The lowest BCUT2D eigenvalue weighted by Crippen LogP contribution is -2.35. The molecule has 0 unspecified atom stereocenters. The van der Waals surface area contributed by atoms with Crippen molar-refractivity contribution >= 4 is 17.5 Å². The van der Waals surface area contributed by atoms with E-state index >= 15 is 0 Å². The molecule has 1 heterocycles. The van der Waals surface area contributed by atoms with Crippen molar-refractivity contribution in [2.24, 2.45) is 5.92 Å². The summed E-state index contributed by atoms with van der Waals surface area (Å²) in [5, 5.41) is 3.02. The van der Waals surface area contributed by atoms with E-state index in [-0.39, 0.29) is 17.7 Å². The molecular weight excluding hydrogens is 366 g/mol. The van der Waals surface area contributed by atoms with Gasteiger partial charge in [0.05, 0.1) is 13.0 Å². The molecule has 0 aromatic heterocycles. The fourth-order valence-corrected chi connectivity index (χ4v) is 3.53. The smallest absolute Gasteiger partial charge is 0.254 e. The van der Waals surface area contributed by atoms with E-state index in [2.05, 4.69) is 34.5 Å². The first kappa shape index (κ1) is 20.7. The van der Waals surface area contributed by atoms with Gasteiger partial charge in [0.2, 0.25) is 5.91 Å². The monoisotopic (exact) mass is 395 g/mol. The van der Waals surface area contributed by atoms with Crippen molar-refractivity contribution in [3.05, 3.63) is 59.7 Å². The summed E-state index contributed by atoms with van der Waals surface area (Å²) in [5.74, 6) is 0.472. The lowest BCUT2D eigenvalue weighted by atomic mass is 10.1. The second-order valence-corrected chi connectivity index (χ2v) is 7.57. The van der Waals surface area contributed by atoms with Gasteiger partial charge in [-0.3, -0.25) is 9.59 Å². The summed E-state index contributed by atoms with van der Waals surface area (Å²) in [7, 11) is 5.61. The highest BCUT2D eigenvalue weighted by atomic mass is 16.5. The van der Waals surface area contributed by atoms with Crippen LogP contribution in [-0.4, -0.2) is 57.6 Å². The number of ether oxygens (including phenoxy) is 1. The molecule has 1 N–H and O–H groups in total. The van der Waals surface area contributed by atoms with Gasteiger partial charge in [0.15, 0.2) is 0 Å². The van der Waals surface area contributed by atoms with Gasteiger partial charge in [0, 0.05) is 45.0 Å². The minimum atomic E-state index is -0.152. The summed E-state index contributed by atoms with van der Waals surface area (Å²) in [6.45, 7) is 1.65. The predicted molar refractivity (Wildman–Crippen MR) is 114 cm³/mol. The van der Waals surface area contributed by atoms with E-state index in [9.17, 15) is 9.59 Å². The first-order valence-electron chi connectivity index (χ1n) is 9.95. The molecule has 0 spiro atoms. The van der Waals surface area contributed by atoms with Crippen LogP contribution in [0.3, 0.4) is 0 Å². The third-order valence-electron chi connectivity index (χ3n) is 5.33. The zero-order chi connectivity index (χ0) is 20.8. The largest absolute Gasteiger partial charge is 0.497 e. The SMILES string of the molecule is COc1cccc(C(=O)N2CC[C@H](C(=O)NCCc3ccc(N(C)C)cc3)C2)c1. The third kappa shape index (κ3) is 5.28. The van der Waals surface area contributed by atoms with Gasteiger partial charge in [-0.15, -0.1) is 0 Å². The number of rotatable bonds is 7. The molecule has 0 aliphatic carbocycles. The van der Waals surface area contributed by atoms with E-state index in [1.807, 2.05) is 20.2 Å². The van der Waals surface area contributed by atoms with E-state index in [1.165, 1.54) is 5.56 Å². The molecule has 3 rings (SSSR count). The van der Waals surface area contributed by atoms with Gasteiger partial charge in [-0.2, -0.15) is 0 Å². The van der Waals surface area contributed by atoms with Crippen LogP contribution in [0.15, 0.2) is 48.5 Å². The van der Waals surface area contributed by atoms with Crippen LogP contribution in [-0.2, 0) is 11.2 Å². The first-order valence-corrected chi connectivity index (χ1v) is 9.95. The Morgan fingerprint density at radius 3 is 2.62 bits per heavy atom. The molecule has 1 atom stereocenters. The average Bonchev–Trinajstić information content (AvgIpc) is 3.24. The fraction of sp³-hybridized carbons (Fsp3) is 0.391. The molecule has 2 amide bonds. The van der Waals surface area contributed by atoms with Crippen LogP contribution in [0.25, 0.3) is 0 Å². The fourth-order valence-electron chi connectivity index (χ4n) is 3.53. The molecule has 2 aromatic carbocycles. The Labute approximate surface area is 172 Å². The van der Waals surface area contributed by atoms with Gasteiger partial charge >= 0.3 is 0 Å². The maximum atomic E-state index is 12.7. The number of anilines is 1. The summed E-state index contributed by atoms with van der Waals surface area (Å²) in [6, 6.07) is 15.5. The number of carbonyl (C=O) groups is 2. The highest BCUT2D eigenvalue weighted by Gasteiger charge is 2.31. The summed E-state index contributed by atoms with van der Waals surface area (Å²) in [5.41, 5.74) is 2.94. The molecule has 29 heavy (non-hydrogen) atoms. The molecule has 0 radical (unpaired) electrons.